The third-order valence-corrected chi connectivity index (χ3v) is 0. The van der Waals surface area contributed by atoms with E-state index in [1.807, 2.05) is 0 Å². The molecule has 0 rings (SSSR count). The molecule has 0 aromatic rings. The van der Waals surface area contributed by atoms with Crippen molar-refractivity contribution in [2.75, 3.05) is 0 Å². The molecule has 3 N–H and O–H groups in total. The van der Waals surface area contributed by atoms with Crippen LogP contribution in [0.25, 0.3) is 0 Å². The summed E-state index contributed by atoms with van der Waals surface area (Å²) in [5.41, 5.74) is 0. The molecular weight excluding hydrogens is 451 g/mol. The Morgan fingerprint density at radius 3 is 0.875 bits per heavy atom. The van der Waals surface area contributed by atoms with Crippen molar-refractivity contribution in [1.29, 1.82) is 0 Å². The second kappa shape index (κ2) is 9.51. The van der Waals surface area contributed by atoms with E-state index in [1.165, 1.54) is 0 Å². The molecule has 0 spiro atoms. The molecule has 0 aliphatic heterocycles. The van der Waals surface area contributed by atoms with Crippen LogP contribution >= 0.6 is 7.82 Å². The summed E-state index contributed by atoms with van der Waals surface area (Å²) < 4.78 is 8.88. The maximum atomic E-state index is 8.88. The predicted molar refractivity (Wildman–Crippen MR) is 48.3 cm³/mol. The Morgan fingerprint density at radius 1 is 0.875 bits per heavy atom. The fraction of sp³-hybridized carbons (Fsp3) is 0. The van der Waals surface area contributed by atoms with Gasteiger partial charge < -0.3 is 14.7 Å². The van der Waals surface area contributed by atoms with Gasteiger partial charge in [-0.3, -0.25) is 0 Å². The molecule has 0 atom stereocenters. The molecule has 0 aromatic heterocycles. The van der Waals surface area contributed by atoms with E-state index in [9.17, 15) is 0 Å². The van der Waals surface area contributed by atoms with Gasteiger partial charge in [0, 0.05) is 0 Å². The second-order valence-electron chi connectivity index (χ2n) is 0.513. The summed E-state index contributed by atoms with van der Waals surface area (Å²) in [4.78, 5) is 21.6. The van der Waals surface area contributed by atoms with Gasteiger partial charge in [0.2, 0.25) is 0 Å². The molecule has 8 heteroatoms. The molecule has 0 radical (unpaired) electrons. The topological polar surface area (TPSA) is 77.8 Å². The Hall–Kier alpha value is 2.51. The van der Waals surface area contributed by atoms with Crippen molar-refractivity contribution < 1.29 is 19.2 Å². The van der Waals surface area contributed by atoms with Gasteiger partial charge in [-0.15, -0.1) is 0 Å². The molecule has 0 heterocycles. The zero-order chi connectivity index (χ0) is 4.50. The van der Waals surface area contributed by atoms with Crippen LogP contribution < -0.4 is 0 Å². The Bertz CT molecular complexity index is 57.4. The van der Waals surface area contributed by atoms with Crippen LogP contribution in [0.15, 0.2) is 0 Å². The minimum absolute atomic E-state index is 0. The fourth-order valence-electron chi connectivity index (χ4n) is 0. The monoisotopic (exact) mass is 470 g/mol. The number of rotatable bonds is 0. The maximum absolute atomic E-state index is 8.88. The van der Waals surface area contributed by atoms with Gasteiger partial charge in [-0.25, -0.2) is 4.57 Å². The molecule has 0 saturated heterocycles. The molecule has 0 unspecified atom stereocenters. The summed E-state index contributed by atoms with van der Waals surface area (Å²) in [6.07, 6.45) is 0. The van der Waals surface area contributed by atoms with Gasteiger partial charge in [0.15, 0.2) is 0 Å². The van der Waals surface area contributed by atoms with Gasteiger partial charge in [0.25, 0.3) is 0 Å². The first-order valence-electron chi connectivity index (χ1n) is 0.783. The number of hydrogen-bond acceptors (Lipinski definition) is 1. The number of hydrogen-bond donors (Lipinski definition) is 3. The van der Waals surface area contributed by atoms with E-state index < -0.39 is 7.82 Å². The second-order valence-corrected chi connectivity index (χ2v) is 1.54. The van der Waals surface area contributed by atoms with Crippen LogP contribution in [0, 0.1) is 0 Å². The predicted octanol–water partition coefficient (Wildman–Crippen LogP) is -5.28. The first-order chi connectivity index (χ1) is 2.00. The van der Waals surface area contributed by atoms with Crippen LogP contribution in [0.5, 0.6) is 0 Å². The summed E-state index contributed by atoms with van der Waals surface area (Å²) >= 11 is 0. The summed E-state index contributed by atoms with van der Waals surface area (Å²) in [6, 6.07) is 0. The molecule has 56 valence electrons. The Morgan fingerprint density at radius 2 is 0.875 bits per heavy atom. The summed E-state index contributed by atoms with van der Waals surface area (Å²) in [5, 5.41) is 0. The van der Waals surface area contributed by atoms with E-state index in [0.717, 1.165) is 0 Å². The van der Waals surface area contributed by atoms with Crippen molar-refractivity contribution in [2.45, 2.75) is 0 Å². The molecule has 0 aromatic carbocycles. The van der Waals surface area contributed by atoms with Gasteiger partial charge >= 0.3 is 79.5 Å². The summed E-state index contributed by atoms with van der Waals surface area (Å²) in [7, 11) is -4.64. The van der Waals surface area contributed by atoms with Crippen molar-refractivity contribution in [3.05, 3.63) is 0 Å². The normalized spacial score (nSPS) is 7.38. The Balaban J connectivity index is -0.0000000267. The molecule has 0 saturated carbocycles. The van der Waals surface area contributed by atoms with Gasteiger partial charge in [-0.05, 0) is 0 Å². The van der Waals surface area contributed by atoms with Crippen LogP contribution in [0.2, 0.25) is 0 Å². The standard InChI is InChI=1S/H3O4P.3Sn.12H/c1-5(2,3)4;;;;;;;;;;;;;;;/h(H3,1,2,3,4);;;;;;;;;;;;;;;. The first kappa shape index (κ1) is 22.4. The van der Waals surface area contributed by atoms with Crippen LogP contribution in [-0.4, -0.2) is 86.4 Å². The van der Waals surface area contributed by atoms with Crippen LogP contribution in [0.3, 0.4) is 0 Å². The van der Waals surface area contributed by atoms with Crippen molar-refractivity contribution >= 4 is 79.5 Å². The average molecular weight is 466 g/mol. The van der Waals surface area contributed by atoms with Gasteiger partial charge in [-0.1, -0.05) is 0 Å². The van der Waals surface area contributed by atoms with Crippen molar-refractivity contribution in [2.24, 2.45) is 0 Å². The van der Waals surface area contributed by atoms with E-state index in [1.54, 1.807) is 0 Å². The first-order valence-corrected chi connectivity index (χ1v) is 2.35. The van der Waals surface area contributed by atoms with Gasteiger partial charge in [0.05, 0.1) is 0 Å². The average Bonchev–Trinajstić information content (AvgIpc) is 0.722. The molecule has 0 fully saturated rings. The molecule has 0 aliphatic rings. The van der Waals surface area contributed by atoms with Crippen LogP contribution in [0.1, 0.15) is 0 Å². The van der Waals surface area contributed by atoms with Crippen LogP contribution in [-0.2, 0) is 4.57 Å². The van der Waals surface area contributed by atoms with E-state index in [-0.39, 0.29) is 71.7 Å². The van der Waals surface area contributed by atoms with E-state index in [2.05, 4.69) is 0 Å². The Labute approximate surface area is 97.5 Å². The minimum atomic E-state index is -4.64. The molecular formula is H15O4PSn3. The van der Waals surface area contributed by atoms with Crippen molar-refractivity contribution in [3.8, 4) is 0 Å². The van der Waals surface area contributed by atoms with Gasteiger partial charge in [0.1, 0.15) is 0 Å². The SMILES string of the molecule is O=P(O)(O)O.[SnH4].[SnH4].[SnH4]. The van der Waals surface area contributed by atoms with E-state index in [4.69, 9.17) is 19.2 Å². The summed E-state index contributed by atoms with van der Waals surface area (Å²) in [6.45, 7) is 0. The third-order valence-electron chi connectivity index (χ3n) is 0. The zero-order valence-electron chi connectivity index (χ0n) is 2.20. The number of phosphoric acid groups is 1. The molecule has 0 aliphatic carbocycles. The van der Waals surface area contributed by atoms with E-state index >= 15 is 0 Å². The quantitative estimate of drug-likeness (QED) is 0.247. The van der Waals surface area contributed by atoms with Crippen molar-refractivity contribution in [1.82, 2.24) is 0 Å². The molecule has 4 nitrogen and oxygen atoms in total. The zero-order valence-corrected chi connectivity index (χ0v) is 3.09. The van der Waals surface area contributed by atoms with Crippen LogP contribution in [0.4, 0.5) is 0 Å². The van der Waals surface area contributed by atoms with Gasteiger partial charge in [-0.2, -0.15) is 0 Å². The summed E-state index contributed by atoms with van der Waals surface area (Å²) in [5.74, 6) is 0. The molecule has 0 amide bonds. The molecule has 8 heavy (non-hydrogen) atoms. The van der Waals surface area contributed by atoms with E-state index in [0.29, 0.717) is 0 Å². The Kier molecular flexibility index (Phi) is 26.7. The fourth-order valence-corrected chi connectivity index (χ4v) is 0. The van der Waals surface area contributed by atoms with Crippen molar-refractivity contribution in [3.63, 3.8) is 0 Å². The molecule has 0 bridgehead atoms. The third kappa shape index (κ3) is 76.3.